The molecule has 1 aromatic rings. The van der Waals surface area contributed by atoms with Gasteiger partial charge in [-0.05, 0) is 56.0 Å². The summed E-state index contributed by atoms with van der Waals surface area (Å²) in [6.45, 7) is 16.6. The molecule has 10 atom stereocenters. The number of methoxy groups -OCH3 is 2. The third-order valence-corrected chi connectivity index (χ3v) is 12.1. The monoisotopic (exact) mass is 802 g/mol. The number of ketones is 1. The number of carboxylic acid groups (broad SMARTS) is 1. The van der Waals surface area contributed by atoms with Gasteiger partial charge < -0.3 is 35.4 Å². The fourth-order valence-electron chi connectivity index (χ4n) is 8.51. The van der Waals surface area contributed by atoms with Crippen LogP contribution in [0.2, 0.25) is 0 Å². The molecular weight excluding hydrogens is 727 g/mol. The molecule has 0 spiro atoms. The van der Waals surface area contributed by atoms with Crippen molar-refractivity contribution in [3.05, 3.63) is 35.9 Å². The molecule has 1 fully saturated rings. The van der Waals surface area contributed by atoms with Gasteiger partial charge in [0.25, 0.3) is 0 Å². The van der Waals surface area contributed by atoms with Crippen LogP contribution >= 0.6 is 0 Å². The molecule has 57 heavy (non-hydrogen) atoms. The summed E-state index contributed by atoms with van der Waals surface area (Å²) in [4.78, 5) is 73.7. The molecule has 0 aliphatic carbocycles. The molecule has 1 aromatic carbocycles. The zero-order valence-electron chi connectivity index (χ0n) is 36.9. The smallest absolute Gasteiger partial charge is 0.307 e. The molecule has 3 amide bonds. The number of amides is 3. The summed E-state index contributed by atoms with van der Waals surface area (Å²) in [5.41, 5.74) is 7.07. The standard InChI is InChI=1S/C44H75N5O8/c1-13-29(7)40(48(10)43(53)38(27(3)4)46-42(52)39(28(5)6)47(9)26-33(45)14-2)36(56-11)25-37(51)49-22-18-21-34(49)41(57-12)30(8)35(50)24-32(44(54)55)23-31-19-16-15-17-20-31/h15-17,19-20,27-30,32-34,36,38-41H,13-14,18,21-26,45H2,1-12H3,(H,46,52)(H,54,55)/t29-,30-,32+,33+,34-,36+,38-,39-,40-,41+/m0/s1. The van der Waals surface area contributed by atoms with Crippen molar-refractivity contribution in [1.82, 2.24) is 20.0 Å². The Kier molecular flexibility index (Phi) is 20.8. The third kappa shape index (κ3) is 13.9. The van der Waals surface area contributed by atoms with Crippen LogP contribution in [-0.2, 0) is 39.9 Å². The lowest BCUT2D eigenvalue weighted by atomic mass is 9.85. The van der Waals surface area contributed by atoms with Crippen molar-refractivity contribution in [2.24, 2.45) is 35.3 Å². The van der Waals surface area contributed by atoms with Crippen LogP contribution in [0.15, 0.2) is 30.3 Å². The van der Waals surface area contributed by atoms with Crippen LogP contribution < -0.4 is 11.1 Å². The number of nitrogens with two attached hydrogens (primary N) is 1. The molecule has 0 bridgehead atoms. The van der Waals surface area contributed by atoms with Crippen LogP contribution in [0.5, 0.6) is 0 Å². The van der Waals surface area contributed by atoms with Gasteiger partial charge in [0.05, 0.1) is 42.7 Å². The van der Waals surface area contributed by atoms with Gasteiger partial charge in [0.15, 0.2) is 0 Å². The molecule has 0 aromatic heterocycles. The number of aliphatic carboxylic acids is 1. The number of nitrogens with zero attached hydrogens (tertiary/aromatic N) is 3. The van der Waals surface area contributed by atoms with E-state index in [-0.39, 0.29) is 66.6 Å². The second-order valence-electron chi connectivity index (χ2n) is 17.0. The Labute approximate surface area is 342 Å². The van der Waals surface area contributed by atoms with E-state index < -0.39 is 54.2 Å². The Morgan fingerprint density at radius 1 is 0.930 bits per heavy atom. The summed E-state index contributed by atoms with van der Waals surface area (Å²) < 4.78 is 12.0. The number of ether oxygens (including phenoxy) is 2. The Hall–Kier alpha value is -3.39. The number of carbonyl (C=O) groups excluding carboxylic acids is 4. The highest BCUT2D eigenvalue weighted by Crippen LogP contribution is 2.31. The van der Waals surface area contributed by atoms with Crippen LogP contribution in [0.4, 0.5) is 0 Å². The number of carbonyl (C=O) groups is 5. The second kappa shape index (κ2) is 23.9. The van der Waals surface area contributed by atoms with Crippen LogP contribution in [0.1, 0.15) is 99.5 Å². The molecule has 1 heterocycles. The predicted octanol–water partition coefficient (Wildman–Crippen LogP) is 4.64. The zero-order valence-corrected chi connectivity index (χ0v) is 36.9. The van der Waals surface area contributed by atoms with E-state index in [4.69, 9.17) is 15.2 Å². The van der Waals surface area contributed by atoms with Gasteiger partial charge in [-0.3, -0.25) is 28.9 Å². The molecule has 2 rings (SSSR count). The molecule has 13 nitrogen and oxygen atoms in total. The lowest BCUT2D eigenvalue weighted by Gasteiger charge is -2.41. The summed E-state index contributed by atoms with van der Waals surface area (Å²) >= 11 is 0. The summed E-state index contributed by atoms with van der Waals surface area (Å²) in [5, 5.41) is 13.0. The van der Waals surface area contributed by atoms with Gasteiger partial charge in [0.1, 0.15) is 11.8 Å². The minimum absolute atomic E-state index is 0.00679. The Bertz CT molecular complexity index is 1430. The van der Waals surface area contributed by atoms with Gasteiger partial charge in [-0.25, -0.2) is 0 Å². The molecule has 1 aliphatic rings. The molecule has 13 heteroatoms. The average Bonchev–Trinajstić information content (AvgIpc) is 3.65. The van der Waals surface area contributed by atoms with E-state index >= 15 is 0 Å². The fraction of sp³-hybridized carbons (Fsp3) is 0.750. The van der Waals surface area contributed by atoms with E-state index in [1.165, 1.54) is 7.11 Å². The Morgan fingerprint density at radius 3 is 2.07 bits per heavy atom. The van der Waals surface area contributed by atoms with E-state index in [0.717, 1.165) is 18.4 Å². The number of likely N-dealkylation sites (tertiary alicyclic amines) is 1. The molecule has 4 N–H and O–H groups in total. The topological polar surface area (TPSA) is 172 Å². The zero-order chi connectivity index (χ0) is 43.1. The fourth-order valence-corrected chi connectivity index (χ4v) is 8.51. The SMILES string of the molecule is CC[C@@H](N)CN(C)[C@H](C(=O)N[C@H](C(=O)N(C)[C@@H]([C@@H](C)CC)[C@@H](CC(=O)N1CCC[C@H]1[C@H](OC)[C@@H](C)C(=O)C[C@@H](Cc1ccccc1)C(=O)O)OC)C(C)C)C(C)C. The molecular formula is C44H75N5O8. The molecule has 0 unspecified atom stereocenters. The van der Waals surface area contributed by atoms with Gasteiger partial charge in [0.2, 0.25) is 17.7 Å². The maximum atomic E-state index is 14.4. The van der Waals surface area contributed by atoms with Crippen LogP contribution in [0.3, 0.4) is 0 Å². The lowest BCUT2D eigenvalue weighted by molar-refractivity contribution is -0.148. The Balaban J connectivity index is 2.28. The number of nitrogens with one attached hydrogen (secondary N) is 1. The van der Waals surface area contributed by atoms with Crippen LogP contribution in [-0.4, -0.2) is 133 Å². The maximum absolute atomic E-state index is 14.4. The molecule has 324 valence electrons. The number of benzene rings is 1. The van der Waals surface area contributed by atoms with Gasteiger partial charge in [-0.1, -0.05) is 92.1 Å². The second-order valence-corrected chi connectivity index (χ2v) is 17.0. The van der Waals surface area contributed by atoms with E-state index in [9.17, 15) is 29.1 Å². The number of likely N-dealkylation sites (N-methyl/N-ethyl adjacent to an activating group) is 2. The molecule has 0 radical (unpaired) electrons. The number of hydrogen-bond donors (Lipinski definition) is 3. The lowest BCUT2D eigenvalue weighted by Crippen LogP contribution is -2.60. The first-order valence-electron chi connectivity index (χ1n) is 21.0. The van der Waals surface area contributed by atoms with Crippen molar-refractivity contribution in [3.63, 3.8) is 0 Å². The molecule has 1 saturated heterocycles. The normalized spacial score (nSPS) is 19.4. The van der Waals surface area contributed by atoms with E-state index in [1.54, 1.807) is 30.9 Å². The van der Waals surface area contributed by atoms with E-state index in [2.05, 4.69) is 5.32 Å². The number of hydrogen-bond acceptors (Lipinski definition) is 9. The van der Waals surface area contributed by atoms with Gasteiger partial charge >= 0.3 is 5.97 Å². The molecule has 1 aliphatic heterocycles. The first-order chi connectivity index (χ1) is 26.8. The quantitative estimate of drug-likeness (QED) is 0.127. The van der Waals surface area contributed by atoms with Crippen LogP contribution in [0, 0.1) is 29.6 Å². The largest absolute Gasteiger partial charge is 0.481 e. The molecule has 0 saturated carbocycles. The van der Waals surface area contributed by atoms with E-state index in [0.29, 0.717) is 25.9 Å². The third-order valence-electron chi connectivity index (χ3n) is 12.1. The first kappa shape index (κ1) is 49.8. The van der Waals surface area contributed by atoms with Gasteiger partial charge in [0, 0.05) is 52.7 Å². The summed E-state index contributed by atoms with van der Waals surface area (Å²) in [6, 6.07) is 7.01. The highest BCUT2D eigenvalue weighted by Gasteiger charge is 2.43. The van der Waals surface area contributed by atoms with Crippen LogP contribution in [0.25, 0.3) is 0 Å². The Morgan fingerprint density at radius 2 is 1.56 bits per heavy atom. The van der Waals surface area contributed by atoms with Gasteiger partial charge in [-0.15, -0.1) is 0 Å². The number of Topliss-reactive ketones (excluding diaryl/α,β-unsaturated/α-hetero) is 1. The average molecular weight is 802 g/mol. The minimum Gasteiger partial charge on any atom is -0.481 e. The van der Waals surface area contributed by atoms with Crippen molar-refractivity contribution in [2.45, 2.75) is 143 Å². The number of rotatable bonds is 25. The predicted molar refractivity (Wildman–Crippen MR) is 223 cm³/mol. The summed E-state index contributed by atoms with van der Waals surface area (Å²) in [6.07, 6.45) is 1.64. The van der Waals surface area contributed by atoms with Crippen molar-refractivity contribution >= 4 is 29.5 Å². The van der Waals surface area contributed by atoms with Gasteiger partial charge in [-0.2, -0.15) is 0 Å². The summed E-state index contributed by atoms with van der Waals surface area (Å²) in [7, 11) is 6.68. The minimum atomic E-state index is -1.03. The highest BCUT2D eigenvalue weighted by atomic mass is 16.5. The maximum Gasteiger partial charge on any atom is 0.307 e. The van der Waals surface area contributed by atoms with Crippen molar-refractivity contribution in [2.75, 3.05) is 41.4 Å². The van der Waals surface area contributed by atoms with E-state index in [1.807, 2.05) is 90.7 Å². The van der Waals surface area contributed by atoms with Crippen molar-refractivity contribution in [1.29, 1.82) is 0 Å². The summed E-state index contributed by atoms with van der Waals surface area (Å²) in [5.74, 6) is -3.74. The van der Waals surface area contributed by atoms with Crippen molar-refractivity contribution < 1.29 is 38.6 Å². The number of carboxylic acids is 1. The first-order valence-corrected chi connectivity index (χ1v) is 21.0. The van der Waals surface area contributed by atoms with Crippen molar-refractivity contribution in [3.8, 4) is 0 Å². The highest BCUT2D eigenvalue weighted by molar-refractivity contribution is 5.90.